The molecule has 2 atom stereocenters. The first-order valence-corrected chi connectivity index (χ1v) is 10.3. The van der Waals surface area contributed by atoms with Crippen molar-refractivity contribution in [3.63, 3.8) is 0 Å². The van der Waals surface area contributed by atoms with E-state index in [0.29, 0.717) is 0 Å². The number of methoxy groups -OCH3 is 1. The molecule has 0 fully saturated rings. The van der Waals surface area contributed by atoms with Crippen LogP contribution in [0.3, 0.4) is 0 Å². The third kappa shape index (κ3) is 4.98. The van der Waals surface area contributed by atoms with E-state index in [1.54, 1.807) is 18.9 Å². The fourth-order valence-electron chi connectivity index (χ4n) is 3.25. The van der Waals surface area contributed by atoms with E-state index < -0.39 is 0 Å². The van der Waals surface area contributed by atoms with Crippen LogP contribution in [0.4, 0.5) is 0 Å². The molecule has 1 amide bonds. The van der Waals surface area contributed by atoms with Crippen molar-refractivity contribution >= 4 is 17.7 Å². The summed E-state index contributed by atoms with van der Waals surface area (Å²) >= 11 is 1.65. The average molecular weight is 386 g/mol. The number of carbonyl (C=O) groups is 1. The molecule has 0 spiro atoms. The average Bonchev–Trinajstić information content (AvgIpc) is 2.65. The van der Waals surface area contributed by atoms with Crippen molar-refractivity contribution in [2.45, 2.75) is 49.8 Å². The van der Waals surface area contributed by atoms with Gasteiger partial charge in [0.1, 0.15) is 17.1 Å². The number of benzene rings is 2. The van der Waals surface area contributed by atoms with E-state index in [0.717, 1.165) is 29.2 Å². The van der Waals surface area contributed by atoms with E-state index in [1.165, 1.54) is 5.56 Å². The topological polar surface area (TPSA) is 47.6 Å². The fraction of sp³-hybridized carbons (Fsp3) is 0.409. The molecule has 3 rings (SSSR count). The third-order valence-corrected chi connectivity index (χ3v) is 5.92. The predicted octanol–water partition coefficient (Wildman–Crippen LogP) is 4.74. The van der Waals surface area contributed by atoms with Gasteiger partial charge in [-0.3, -0.25) is 4.79 Å². The summed E-state index contributed by atoms with van der Waals surface area (Å²) in [5.74, 6) is 2.41. The molecule has 144 valence electrons. The minimum absolute atomic E-state index is 0.0559. The van der Waals surface area contributed by atoms with Gasteiger partial charge in [-0.15, -0.1) is 11.8 Å². The van der Waals surface area contributed by atoms with Gasteiger partial charge in [-0.05, 0) is 38.5 Å². The monoisotopic (exact) mass is 385 g/mol. The Balaban J connectivity index is 1.68. The molecule has 1 heterocycles. The minimum atomic E-state index is -0.349. The van der Waals surface area contributed by atoms with Crippen molar-refractivity contribution in [3.05, 3.63) is 59.7 Å². The molecular formula is C22H27NO3S. The zero-order valence-corrected chi connectivity index (χ0v) is 17.1. The number of carbonyl (C=O) groups excluding carboxylic acids is 1. The van der Waals surface area contributed by atoms with Gasteiger partial charge >= 0.3 is 0 Å². The lowest BCUT2D eigenvalue weighted by Gasteiger charge is -2.38. The number of ether oxygens (including phenoxy) is 2. The summed E-state index contributed by atoms with van der Waals surface area (Å²) in [6, 6.07) is 15.9. The second-order valence-electron chi connectivity index (χ2n) is 7.47. The zero-order chi connectivity index (χ0) is 19.4. The van der Waals surface area contributed by atoms with E-state index in [9.17, 15) is 4.79 Å². The number of hydrogen-bond acceptors (Lipinski definition) is 4. The van der Waals surface area contributed by atoms with Crippen LogP contribution in [0, 0.1) is 0 Å². The smallest absolute Gasteiger partial charge is 0.233 e. The second-order valence-corrected chi connectivity index (χ2v) is 8.80. The quantitative estimate of drug-likeness (QED) is 0.780. The summed E-state index contributed by atoms with van der Waals surface area (Å²) < 4.78 is 11.4. The molecule has 2 aromatic carbocycles. The normalized spacial score (nSPS) is 18.7. The molecule has 27 heavy (non-hydrogen) atoms. The van der Waals surface area contributed by atoms with Gasteiger partial charge in [0, 0.05) is 23.8 Å². The van der Waals surface area contributed by atoms with Crippen LogP contribution in [0.5, 0.6) is 11.5 Å². The summed E-state index contributed by atoms with van der Waals surface area (Å²) in [6.07, 6.45) is 0.730. The number of hydrogen-bond donors (Lipinski definition) is 1. The molecule has 1 N–H and O–H groups in total. The van der Waals surface area contributed by atoms with E-state index in [1.807, 2.05) is 57.2 Å². The first kappa shape index (κ1) is 19.6. The second kappa shape index (κ2) is 8.26. The first-order valence-electron chi connectivity index (χ1n) is 9.21. The minimum Gasteiger partial charge on any atom is -0.497 e. The van der Waals surface area contributed by atoms with Crippen LogP contribution >= 0.6 is 11.8 Å². The maximum atomic E-state index is 12.8. The summed E-state index contributed by atoms with van der Waals surface area (Å²) in [5.41, 5.74) is 1.88. The van der Waals surface area contributed by atoms with Gasteiger partial charge in [-0.1, -0.05) is 30.3 Å². The van der Waals surface area contributed by atoms with E-state index in [-0.39, 0.29) is 22.8 Å². The molecule has 0 unspecified atom stereocenters. The highest BCUT2D eigenvalue weighted by molar-refractivity contribution is 7.99. The lowest BCUT2D eigenvalue weighted by atomic mass is 9.89. The van der Waals surface area contributed by atoms with Crippen LogP contribution < -0.4 is 14.8 Å². The Labute approximate surface area is 165 Å². The molecule has 0 saturated heterocycles. The van der Waals surface area contributed by atoms with Crippen molar-refractivity contribution in [2.75, 3.05) is 7.11 Å². The maximum absolute atomic E-state index is 12.8. The van der Waals surface area contributed by atoms with Crippen LogP contribution in [0.1, 0.15) is 44.4 Å². The van der Waals surface area contributed by atoms with E-state index >= 15 is 0 Å². The molecule has 4 nitrogen and oxygen atoms in total. The standard InChI is InChI=1S/C22H27NO3S/c1-15(27-14-16-8-6-5-7-9-16)21(24)23-19-13-22(2,3)26-20-12-17(25-4)10-11-18(19)20/h5-12,15,19H,13-14H2,1-4H3,(H,23,24)/t15-,19+/m0/s1. The summed E-state index contributed by atoms with van der Waals surface area (Å²) in [6.45, 7) is 6.05. The van der Waals surface area contributed by atoms with Crippen LogP contribution in [0.15, 0.2) is 48.5 Å². The lowest BCUT2D eigenvalue weighted by molar-refractivity contribution is -0.121. The number of nitrogens with one attached hydrogen (secondary N) is 1. The number of fused-ring (bicyclic) bond motifs is 1. The van der Waals surface area contributed by atoms with Crippen LogP contribution in [-0.4, -0.2) is 23.9 Å². The highest BCUT2D eigenvalue weighted by Gasteiger charge is 2.35. The fourth-order valence-corrected chi connectivity index (χ4v) is 4.10. The van der Waals surface area contributed by atoms with Crippen molar-refractivity contribution in [3.8, 4) is 11.5 Å². The number of rotatable bonds is 6. The molecule has 0 aliphatic carbocycles. The van der Waals surface area contributed by atoms with Crippen molar-refractivity contribution in [1.29, 1.82) is 0 Å². The summed E-state index contributed by atoms with van der Waals surface area (Å²) in [5, 5.41) is 3.10. The zero-order valence-electron chi connectivity index (χ0n) is 16.3. The Morgan fingerprint density at radius 2 is 2.04 bits per heavy atom. The molecule has 0 saturated carbocycles. The summed E-state index contributed by atoms with van der Waals surface area (Å²) in [7, 11) is 1.64. The van der Waals surface area contributed by atoms with Gasteiger partial charge in [0.25, 0.3) is 0 Å². The van der Waals surface area contributed by atoms with Gasteiger partial charge in [-0.2, -0.15) is 0 Å². The highest BCUT2D eigenvalue weighted by Crippen LogP contribution is 2.41. The Kier molecular flexibility index (Phi) is 6.00. The van der Waals surface area contributed by atoms with Gasteiger partial charge in [0.2, 0.25) is 5.91 Å². The Bertz CT molecular complexity index is 791. The molecule has 1 aliphatic heterocycles. The van der Waals surface area contributed by atoms with Gasteiger partial charge in [-0.25, -0.2) is 0 Å². The number of thioether (sulfide) groups is 1. The van der Waals surface area contributed by atoms with Crippen molar-refractivity contribution in [1.82, 2.24) is 5.32 Å². The van der Waals surface area contributed by atoms with E-state index in [2.05, 4.69) is 17.4 Å². The molecule has 0 radical (unpaired) electrons. The van der Waals surface area contributed by atoms with Crippen molar-refractivity contribution < 1.29 is 14.3 Å². The molecule has 0 aromatic heterocycles. The lowest BCUT2D eigenvalue weighted by Crippen LogP contribution is -2.43. The van der Waals surface area contributed by atoms with Gasteiger partial charge in [0.05, 0.1) is 18.4 Å². The highest BCUT2D eigenvalue weighted by atomic mass is 32.2. The van der Waals surface area contributed by atoms with Gasteiger partial charge < -0.3 is 14.8 Å². The number of amides is 1. The van der Waals surface area contributed by atoms with Crippen molar-refractivity contribution in [2.24, 2.45) is 0 Å². The molecular weight excluding hydrogens is 358 g/mol. The first-order chi connectivity index (χ1) is 12.9. The maximum Gasteiger partial charge on any atom is 0.233 e. The van der Waals surface area contributed by atoms with Crippen LogP contribution in [0.25, 0.3) is 0 Å². The Morgan fingerprint density at radius 3 is 2.74 bits per heavy atom. The molecule has 0 bridgehead atoms. The molecule has 2 aromatic rings. The largest absolute Gasteiger partial charge is 0.497 e. The third-order valence-electron chi connectivity index (χ3n) is 4.71. The van der Waals surface area contributed by atoms with Gasteiger partial charge in [0.15, 0.2) is 0 Å². The molecule has 1 aliphatic rings. The molecule has 5 heteroatoms. The Hall–Kier alpha value is -2.14. The summed E-state index contributed by atoms with van der Waals surface area (Å²) in [4.78, 5) is 12.8. The Morgan fingerprint density at radius 1 is 1.30 bits per heavy atom. The van der Waals surface area contributed by atoms with E-state index in [4.69, 9.17) is 9.47 Å². The predicted molar refractivity (Wildman–Crippen MR) is 110 cm³/mol. The van der Waals surface area contributed by atoms with Crippen LogP contribution in [0.2, 0.25) is 0 Å². The van der Waals surface area contributed by atoms with Crippen LogP contribution in [-0.2, 0) is 10.5 Å². The SMILES string of the molecule is COc1ccc2c(c1)OC(C)(C)C[C@H]2NC(=O)[C@H](C)SCc1ccccc1.